The molecule has 0 atom stereocenters. The highest BCUT2D eigenvalue weighted by molar-refractivity contribution is 5.85. The van der Waals surface area contributed by atoms with E-state index in [1.165, 1.54) is 19.3 Å². The van der Waals surface area contributed by atoms with E-state index in [1.807, 2.05) is 24.3 Å². The minimum absolute atomic E-state index is 0. The molecule has 1 aromatic carbocycles. The molecule has 102 valence electrons. The normalized spacial score (nSPS) is 16.2. The summed E-state index contributed by atoms with van der Waals surface area (Å²) in [5, 5.41) is 0.687. The van der Waals surface area contributed by atoms with E-state index in [0.717, 1.165) is 18.7 Å². The van der Waals surface area contributed by atoms with Gasteiger partial charge in [0.1, 0.15) is 5.58 Å². The zero-order valence-electron chi connectivity index (χ0n) is 10.8. The lowest BCUT2D eigenvalue weighted by atomic mass is 10.1. The molecule has 2 aromatic rings. The minimum atomic E-state index is 0. The maximum Gasteiger partial charge on any atom is 0.197 e. The van der Waals surface area contributed by atoms with E-state index in [2.05, 4.69) is 4.90 Å². The van der Waals surface area contributed by atoms with Crippen molar-refractivity contribution in [2.45, 2.75) is 25.8 Å². The van der Waals surface area contributed by atoms with Gasteiger partial charge in [-0.3, -0.25) is 9.69 Å². The highest BCUT2D eigenvalue weighted by atomic mass is 35.5. The number of para-hydroxylation sites is 1. The second kappa shape index (κ2) is 6.22. The third kappa shape index (κ3) is 2.99. The highest BCUT2D eigenvalue weighted by Crippen LogP contribution is 2.14. The second-order valence-corrected chi connectivity index (χ2v) is 4.92. The molecule has 19 heavy (non-hydrogen) atoms. The largest absolute Gasteiger partial charge is 0.464 e. The summed E-state index contributed by atoms with van der Waals surface area (Å²) in [4.78, 5) is 14.7. The monoisotopic (exact) mass is 279 g/mol. The average molecular weight is 280 g/mol. The number of piperidine rings is 1. The topological polar surface area (TPSA) is 33.5 Å². The van der Waals surface area contributed by atoms with Gasteiger partial charge in [0.2, 0.25) is 0 Å². The fourth-order valence-corrected chi connectivity index (χ4v) is 2.59. The molecule has 0 spiro atoms. The fraction of sp³-hybridized carbons (Fsp3) is 0.400. The summed E-state index contributed by atoms with van der Waals surface area (Å²) in [7, 11) is 0. The number of benzene rings is 1. The lowest BCUT2D eigenvalue weighted by Gasteiger charge is -2.25. The number of hydrogen-bond acceptors (Lipinski definition) is 3. The van der Waals surface area contributed by atoms with Gasteiger partial charge >= 0.3 is 0 Å². The van der Waals surface area contributed by atoms with E-state index in [4.69, 9.17) is 4.42 Å². The van der Waals surface area contributed by atoms with Crippen molar-refractivity contribution in [3.8, 4) is 0 Å². The predicted octanol–water partition coefficient (Wildman–Crippen LogP) is 3.20. The van der Waals surface area contributed by atoms with Crippen LogP contribution < -0.4 is 5.43 Å². The molecule has 0 aliphatic carbocycles. The Hall–Kier alpha value is -1.32. The molecule has 3 rings (SSSR count). The Morgan fingerprint density at radius 3 is 2.63 bits per heavy atom. The lowest BCUT2D eigenvalue weighted by Crippen LogP contribution is -2.31. The standard InChI is InChI=1S/C15H17NO2.ClH/c17-15-12(10-16-8-4-1-5-9-16)11-18-14-7-3-2-6-13(14)15;/h2-3,6-7,11H,1,4-5,8-10H2;1H. The first kappa shape index (κ1) is 14.1. The van der Waals surface area contributed by atoms with Crippen LogP contribution >= 0.6 is 12.4 Å². The number of rotatable bonds is 2. The van der Waals surface area contributed by atoms with Gasteiger partial charge in [-0.05, 0) is 38.1 Å². The molecule has 1 fully saturated rings. The first-order valence-corrected chi connectivity index (χ1v) is 6.56. The van der Waals surface area contributed by atoms with Crippen LogP contribution in [0.3, 0.4) is 0 Å². The number of nitrogens with zero attached hydrogens (tertiary/aromatic N) is 1. The average Bonchev–Trinajstić information content (AvgIpc) is 2.43. The van der Waals surface area contributed by atoms with E-state index < -0.39 is 0 Å². The van der Waals surface area contributed by atoms with Crippen molar-refractivity contribution in [1.29, 1.82) is 0 Å². The first-order valence-electron chi connectivity index (χ1n) is 6.56. The molecule has 0 amide bonds. The zero-order chi connectivity index (χ0) is 12.4. The van der Waals surface area contributed by atoms with Crippen LogP contribution in [0.1, 0.15) is 24.8 Å². The van der Waals surface area contributed by atoms with Crippen molar-refractivity contribution in [3.63, 3.8) is 0 Å². The van der Waals surface area contributed by atoms with E-state index in [9.17, 15) is 4.79 Å². The van der Waals surface area contributed by atoms with Crippen LogP contribution in [0.15, 0.2) is 39.7 Å². The molecule has 1 aliphatic rings. The maximum atomic E-state index is 12.3. The van der Waals surface area contributed by atoms with Crippen LogP contribution in [0.25, 0.3) is 11.0 Å². The summed E-state index contributed by atoms with van der Waals surface area (Å²) in [6, 6.07) is 7.43. The molecule has 3 nitrogen and oxygen atoms in total. The van der Waals surface area contributed by atoms with Crippen LogP contribution in [0, 0.1) is 0 Å². The van der Waals surface area contributed by atoms with Gasteiger partial charge in [0, 0.05) is 12.1 Å². The van der Waals surface area contributed by atoms with Crippen molar-refractivity contribution in [2.24, 2.45) is 0 Å². The smallest absolute Gasteiger partial charge is 0.197 e. The molecule has 2 heterocycles. The molecule has 1 aliphatic heterocycles. The van der Waals surface area contributed by atoms with Gasteiger partial charge < -0.3 is 4.42 Å². The van der Waals surface area contributed by atoms with Gasteiger partial charge in [0.15, 0.2) is 5.43 Å². The molecule has 4 heteroatoms. The number of likely N-dealkylation sites (tertiary alicyclic amines) is 1. The van der Waals surface area contributed by atoms with Gasteiger partial charge in [-0.15, -0.1) is 12.4 Å². The van der Waals surface area contributed by atoms with E-state index in [1.54, 1.807) is 6.26 Å². The summed E-state index contributed by atoms with van der Waals surface area (Å²) < 4.78 is 5.54. The van der Waals surface area contributed by atoms with E-state index in [0.29, 0.717) is 17.5 Å². The van der Waals surface area contributed by atoms with Gasteiger partial charge in [0.25, 0.3) is 0 Å². The summed E-state index contributed by atoms with van der Waals surface area (Å²) in [6.07, 6.45) is 5.40. The van der Waals surface area contributed by atoms with Crippen molar-refractivity contribution >= 4 is 23.4 Å². The Morgan fingerprint density at radius 1 is 1.11 bits per heavy atom. The van der Waals surface area contributed by atoms with Crippen molar-refractivity contribution in [3.05, 3.63) is 46.3 Å². The second-order valence-electron chi connectivity index (χ2n) is 4.92. The predicted molar refractivity (Wildman–Crippen MR) is 78.9 cm³/mol. The molecule has 0 unspecified atom stereocenters. The Morgan fingerprint density at radius 2 is 1.84 bits per heavy atom. The van der Waals surface area contributed by atoms with Crippen LogP contribution in [-0.4, -0.2) is 18.0 Å². The fourth-order valence-electron chi connectivity index (χ4n) is 2.59. The number of halogens is 1. The van der Waals surface area contributed by atoms with Crippen molar-refractivity contribution < 1.29 is 4.42 Å². The molecule has 1 saturated heterocycles. The Balaban J connectivity index is 0.00000133. The summed E-state index contributed by atoms with van der Waals surface area (Å²) in [5.41, 5.74) is 1.56. The molecular formula is C15H18ClNO2. The summed E-state index contributed by atoms with van der Waals surface area (Å²) in [5.74, 6) is 0. The Kier molecular flexibility index (Phi) is 4.61. The molecule has 0 saturated carbocycles. The molecule has 1 aromatic heterocycles. The van der Waals surface area contributed by atoms with Crippen molar-refractivity contribution in [2.75, 3.05) is 13.1 Å². The molecule has 0 radical (unpaired) electrons. The van der Waals surface area contributed by atoms with Crippen LogP contribution in [0.2, 0.25) is 0 Å². The summed E-state index contributed by atoms with van der Waals surface area (Å²) in [6.45, 7) is 2.89. The molecule has 0 bridgehead atoms. The van der Waals surface area contributed by atoms with Crippen LogP contribution in [-0.2, 0) is 6.54 Å². The Bertz CT molecular complexity index is 602. The quantitative estimate of drug-likeness (QED) is 0.846. The Labute approximate surface area is 118 Å². The highest BCUT2D eigenvalue weighted by Gasteiger charge is 2.13. The first-order chi connectivity index (χ1) is 8.84. The number of fused-ring (bicyclic) bond motifs is 1. The van der Waals surface area contributed by atoms with Gasteiger partial charge in [-0.1, -0.05) is 18.6 Å². The van der Waals surface area contributed by atoms with Crippen LogP contribution in [0.4, 0.5) is 0 Å². The maximum absolute atomic E-state index is 12.3. The molecular weight excluding hydrogens is 262 g/mol. The zero-order valence-corrected chi connectivity index (χ0v) is 11.6. The minimum Gasteiger partial charge on any atom is -0.464 e. The molecule has 0 N–H and O–H groups in total. The number of hydrogen-bond donors (Lipinski definition) is 0. The summed E-state index contributed by atoms with van der Waals surface area (Å²) >= 11 is 0. The van der Waals surface area contributed by atoms with Crippen molar-refractivity contribution in [1.82, 2.24) is 4.90 Å². The lowest BCUT2D eigenvalue weighted by molar-refractivity contribution is 0.219. The third-order valence-corrected chi connectivity index (χ3v) is 3.59. The van der Waals surface area contributed by atoms with Gasteiger partial charge in [-0.2, -0.15) is 0 Å². The SMILES string of the molecule is Cl.O=c1c(CN2CCCCC2)coc2ccccc12. The van der Waals surface area contributed by atoms with Gasteiger partial charge in [0.05, 0.1) is 11.6 Å². The van der Waals surface area contributed by atoms with Crippen LogP contribution in [0.5, 0.6) is 0 Å². The van der Waals surface area contributed by atoms with E-state index >= 15 is 0 Å². The van der Waals surface area contributed by atoms with Gasteiger partial charge in [-0.25, -0.2) is 0 Å². The van der Waals surface area contributed by atoms with E-state index in [-0.39, 0.29) is 17.8 Å². The third-order valence-electron chi connectivity index (χ3n) is 3.59.